The molecule has 1 aromatic rings. The van der Waals surface area contributed by atoms with Gasteiger partial charge in [-0.1, -0.05) is 12.1 Å². The lowest BCUT2D eigenvalue weighted by Crippen LogP contribution is -2.27. The van der Waals surface area contributed by atoms with Crippen molar-refractivity contribution >= 4 is 11.9 Å². The van der Waals surface area contributed by atoms with Crippen LogP contribution in [0.25, 0.3) is 0 Å². The van der Waals surface area contributed by atoms with E-state index in [0.29, 0.717) is 11.5 Å². The van der Waals surface area contributed by atoms with Gasteiger partial charge in [-0.05, 0) is 48.4 Å². The summed E-state index contributed by atoms with van der Waals surface area (Å²) >= 11 is 0. The molecule has 1 spiro atoms. The molecule has 1 aromatic carbocycles. The van der Waals surface area contributed by atoms with E-state index in [1.165, 1.54) is 7.11 Å². The normalized spacial score (nSPS) is 32.6. The Morgan fingerprint density at radius 3 is 2.81 bits per heavy atom. The Morgan fingerprint density at radius 2 is 2.10 bits per heavy atom. The fourth-order valence-electron chi connectivity index (χ4n) is 4.25. The summed E-state index contributed by atoms with van der Waals surface area (Å²) in [5.41, 5.74) is 2.51. The van der Waals surface area contributed by atoms with Crippen molar-refractivity contribution in [3.8, 4) is 0 Å². The molecule has 4 rings (SSSR count). The Labute approximate surface area is 122 Å². The quantitative estimate of drug-likeness (QED) is 0.783. The molecule has 2 aliphatic carbocycles. The van der Waals surface area contributed by atoms with Gasteiger partial charge in [0.1, 0.15) is 5.60 Å². The van der Waals surface area contributed by atoms with E-state index in [1.807, 2.05) is 12.1 Å². The molecule has 3 unspecified atom stereocenters. The van der Waals surface area contributed by atoms with Gasteiger partial charge < -0.3 is 9.47 Å². The number of ether oxygens (including phenoxy) is 2. The van der Waals surface area contributed by atoms with E-state index >= 15 is 0 Å². The number of benzene rings is 1. The number of rotatable bonds is 2. The van der Waals surface area contributed by atoms with Crippen LogP contribution in [0.5, 0.6) is 0 Å². The minimum atomic E-state index is -0.329. The summed E-state index contributed by atoms with van der Waals surface area (Å²) in [6, 6.07) is 7.51. The lowest BCUT2D eigenvalue weighted by Gasteiger charge is -2.28. The van der Waals surface area contributed by atoms with E-state index in [2.05, 4.69) is 0 Å². The van der Waals surface area contributed by atoms with Crippen LogP contribution in [0.15, 0.2) is 35.9 Å². The molecule has 0 radical (unpaired) electrons. The van der Waals surface area contributed by atoms with E-state index in [4.69, 9.17) is 9.47 Å². The first-order chi connectivity index (χ1) is 10.1. The van der Waals surface area contributed by atoms with Crippen molar-refractivity contribution in [2.45, 2.75) is 30.8 Å². The molecular formula is C17H16O4. The van der Waals surface area contributed by atoms with Gasteiger partial charge in [0.05, 0.1) is 12.7 Å². The van der Waals surface area contributed by atoms with Crippen molar-refractivity contribution in [1.82, 2.24) is 0 Å². The molecule has 108 valence electrons. The van der Waals surface area contributed by atoms with Gasteiger partial charge in [0.2, 0.25) is 0 Å². The lowest BCUT2D eigenvalue weighted by atomic mass is 9.78. The van der Waals surface area contributed by atoms with Crippen LogP contribution in [0.2, 0.25) is 0 Å². The van der Waals surface area contributed by atoms with Crippen LogP contribution in [-0.4, -0.2) is 24.6 Å². The molecule has 3 atom stereocenters. The maximum absolute atomic E-state index is 11.6. The summed E-state index contributed by atoms with van der Waals surface area (Å²) in [5, 5.41) is 0. The van der Waals surface area contributed by atoms with Gasteiger partial charge in [-0.15, -0.1) is 0 Å². The first kappa shape index (κ1) is 12.6. The summed E-state index contributed by atoms with van der Waals surface area (Å²) in [7, 11) is 1.38. The molecule has 4 nitrogen and oxygen atoms in total. The topological polar surface area (TPSA) is 52.6 Å². The number of fused-ring (bicyclic) bond motifs is 1. The number of carbonyl (C=O) groups excluding carboxylic acids is 2. The maximum Gasteiger partial charge on any atom is 0.337 e. The van der Waals surface area contributed by atoms with E-state index in [1.54, 1.807) is 18.2 Å². The van der Waals surface area contributed by atoms with Gasteiger partial charge >= 0.3 is 11.9 Å². The van der Waals surface area contributed by atoms with Crippen molar-refractivity contribution in [3.63, 3.8) is 0 Å². The molecule has 3 aliphatic rings. The third kappa shape index (κ3) is 1.68. The summed E-state index contributed by atoms with van der Waals surface area (Å²) < 4.78 is 10.3. The van der Waals surface area contributed by atoms with Crippen LogP contribution in [0, 0.1) is 5.92 Å². The Hall–Kier alpha value is -2.10. The van der Waals surface area contributed by atoms with Gasteiger partial charge in [0, 0.05) is 12.0 Å². The third-order valence-electron chi connectivity index (χ3n) is 5.10. The molecule has 4 heteroatoms. The SMILES string of the molecule is COC(=O)c1ccc(C2C3=CC(=O)OC34CCC2C4)cc1. The summed E-state index contributed by atoms with van der Waals surface area (Å²) in [6.45, 7) is 0. The number of hydrogen-bond donors (Lipinski definition) is 0. The number of hydrogen-bond acceptors (Lipinski definition) is 4. The van der Waals surface area contributed by atoms with E-state index < -0.39 is 0 Å². The lowest BCUT2D eigenvalue weighted by molar-refractivity contribution is -0.145. The van der Waals surface area contributed by atoms with Crippen molar-refractivity contribution in [1.29, 1.82) is 0 Å². The highest BCUT2D eigenvalue weighted by Gasteiger charge is 2.59. The molecule has 0 aromatic heterocycles. The molecule has 0 amide bonds. The second-order valence-electron chi connectivity index (χ2n) is 6.11. The smallest absolute Gasteiger partial charge is 0.337 e. The van der Waals surface area contributed by atoms with Crippen LogP contribution in [-0.2, 0) is 14.3 Å². The fourth-order valence-corrected chi connectivity index (χ4v) is 4.25. The Kier molecular flexibility index (Phi) is 2.52. The highest BCUT2D eigenvalue weighted by atomic mass is 16.6. The highest BCUT2D eigenvalue weighted by molar-refractivity contribution is 5.89. The largest absolute Gasteiger partial charge is 0.465 e. The fraction of sp³-hybridized carbons (Fsp3) is 0.412. The Bertz CT molecular complexity index is 658. The molecule has 21 heavy (non-hydrogen) atoms. The van der Waals surface area contributed by atoms with Crippen LogP contribution in [0.1, 0.15) is 41.1 Å². The van der Waals surface area contributed by atoms with Crippen LogP contribution >= 0.6 is 0 Å². The van der Waals surface area contributed by atoms with Crippen molar-refractivity contribution in [2.75, 3.05) is 7.11 Å². The summed E-state index contributed by atoms with van der Waals surface area (Å²) in [5.74, 6) is 0.247. The second-order valence-corrected chi connectivity index (χ2v) is 6.11. The predicted molar refractivity (Wildman–Crippen MR) is 74.8 cm³/mol. The molecule has 2 saturated carbocycles. The van der Waals surface area contributed by atoms with Crippen molar-refractivity contribution < 1.29 is 19.1 Å². The van der Waals surface area contributed by atoms with Gasteiger partial charge in [-0.25, -0.2) is 9.59 Å². The second kappa shape index (κ2) is 4.20. The molecule has 2 bridgehead atoms. The van der Waals surface area contributed by atoms with Crippen molar-refractivity contribution in [2.24, 2.45) is 5.92 Å². The number of esters is 2. The van der Waals surface area contributed by atoms with E-state index in [-0.39, 0.29) is 23.5 Å². The molecule has 2 fully saturated rings. The highest BCUT2D eigenvalue weighted by Crippen LogP contribution is 2.62. The van der Waals surface area contributed by atoms with Crippen LogP contribution in [0.3, 0.4) is 0 Å². The van der Waals surface area contributed by atoms with Gasteiger partial charge in [0.25, 0.3) is 0 Å². The zero-order valence-corrected chi connectivity index (χ0v) is 11.8. The summed E-state index contributed by atoms with van der Waals surface area (Å²) in [4.78, 5) is 23.1. The zero-order valence-electron chi connectivity index (χ0n) is 11.8. The molecule has 1 aliphatic heterocycles. The molecule has 0 N–H and O–H groups in total. The summed E-state index contributed by atoms with van der Waals surface area (Å²) in [6.07, 6.45) is 4.66. The predicted octanol–water partition coefficient (Wildman–Crippen LogP) is 2.59. The molecule has 1 heterocycles. The van der Waals surface area contributed by atoms with Gasteiger partial charge in [0.15, 0.2) is 0 Å². The van der Waals surface area contributed by atoms with E-state index in [9.17, 15) is 9.59 Å². The maximum atomic E-state index is 11.6. The monoisotopic (exact) mass is 284 g/mol. The van der Waals surface area contributed by atoms with Crippen molar-refractivity contribution in [3.05, 3.63) is 47.0 Å². The Morgan fingerprint density at radius 1 is 1.33 bits per heavy atom. The number of carbonyl (C=O) groups is 2. The zero-order chi connectivity index (χ0) is 14.6. The first-order valence-corrected chi connectivity index (χ1v) is 7.26. The number of methoxy groups -OCH3 is 1. The van der Waals surface area contributed by atoms with Gasteiger partial charge in [-0.2, -0.15) is 0 Å². The average Bonchev–Trinajstić information content (AvgIpc) is 3.12. The minimum absolute atomic E-state index is 0.207. The minimum Gasteiger partial charge on any atom is -0.465 e. The third-order valence-corrected chi connectivity index (χ3v) is 5.10. The molecular weight excluding hydrogens is 268 g/mol. The Balaban J connectivity index is 1.69. The van der Waals surface area contributed by atoms with Gasteiger partial charge in [-0.3, -0.25) is 0 Å². The molecule has 0 saturated heterocycles. The standard InChI is InChI=1S/C17H16O4/c1-20-16(19)11-4-2-10(3-5-11)15-12-6-7-17(9-12)13(15)8-14(18)21-17/h2-5,8,12,15H,6-7,9H2,1H3. The first-order valence-electron chi connectivity index (χ1n) is 7.26. The van der Waals surface area contributed by atoms with Crippen LogP contribution in [0.4, 0.5) is 0 Å². The van der Waals surface area contributed by atoms with E-state index in [0.717, 1.165) is 30.4 Å². The average molecular weight is 284 g/mol. The van der Waals surface area contributed by atoms with Crippen LogP contribution < -0.4 is 0 Å².